The van der Waals surface area contributed by atoms with Crippen LogP contribution in [0.3, 0.4) is 0 Å². The zero-order chi connectivity index (χ0) is 21.3. The van der Waals surface area contributed by atoms with Gasteiger partial charge in [-0.25, -0.2) is 0 Å². The fraction of sp³-hybridized carbons (Fsp3) is 0.208. The Labute approximate surface area is 181 Å². The van der Waals surface area contributed by atoms with E-state index in [9.17, 15) is 9.59 Å². The van der Waals surface area contributed by atoms with Gasteiger partial charge >= 0.3 is 0 Å². The van der Waals surface area contributed by atoms with Crippen molar-refractivity contribution < 1.29 is 9.59 Å². The molecule has 2 aromatic carbocycles. The van der Waals surface area contributed by atoms with Crippen LogP contribution in [0, 0.1) is 0 Å². The Morgan fingerprint density at radius 2 is 1.80 bits per heavy atom. The van der Waals surface area contributed by atoms with E-state index in [1.54, 1.807) is 24.4 Å². The number of carbonyl (C=O) groups excluding carboxylic acids is 2. The van der Waals surface area contributed by atoms with Gasteiger partial charge in [0.25, 0.3) is 5.91 Å². The van der Waals surface area contributed by atoms with Gasteiger partial charge in [-0.05, 0) is 42.3 Å². The Bertz CT molecular complexity index is 994. The van der Waals surface area contributed by atoms with E-state index in [0.29, 0.717) is 17.8 Å². The van der Waals surface area contributed by atoms with Gasteiger partial charge in [0.1, 0.15) is 0 Å². The molecule has 0 aliphatic heterocycles. The zero-order valence-electron chi connectivity index (χ0n) is 16.8. The number of carbonyl (C=O) groups is 2. The number of nitrogens with zero attached hydrogens (tertiary/aromatic N) is 1. The maximum atomic E-state index is 12.9. The molecule has 0 bridgehead atoms. The average molecular weight is 422 g/mol. The molecule has 3 aromatic rings. The summed E-state index contributed by atoms with van der Waals surface area (Å²) in [6, 6.07) is 20.1. The summed E-state index contributed by atoms with van der Waals surface area (Å²) in [6.07, 6.45) is 3.31. The predicted molar refractivity (Wildman–Crippen MR) is 120 cm³/mol. The molecule has 6 heteroatoms. The van der Waals surface area contributed by atoms with Crippen molar-refractivity contribution in [1.82, 2.24) is 10.3 Å². The van der Waals surface area contributed by atoms with Crippen LogP contribution in [-0.4, -0.2) is 16.8 Å². The number of benzene rings is 2. The van der Waals surface area contributed by atoms with Crippen LogP contribution in [0.4, 0.5) is 5.69 Å². The maximum Gasteiger partial charge on any atom is 0.253 e. The molecule has 30 heavy (non-hydrogen) atoms. The average Bonchev–Trinajstić information content (AvgIpc) is 2.77. The van der Waals surface area contributed by atoms with Crippen molar-refractivity contribution in [1.29, 1.82) is 0 Å². The molecule has 0 aliphatic carbocycles. The monoisotopic (exact) mass is 421 g/mol. The highest BCUT2D eigenvalue weighted by Crippen LogP contribution is 2.25. The fourth-order valence-electron chi connectivity index (χ4n) is 3.20. The van der Waals surface area contributed by atoms with E-state index in [1.165, 1.54) is 0 Å². The van der Waals surface area contributed by atoms with E-state index in [-0.39, 0.29) is 22.8 Å². The molecule has 154 valence electrons. The number of hydrogen-bond acceptors (Lipinski definition) is 3. The number of halogens is 1. The molecule has 0 radical (unpaired) electrons. The summed E-state index contributed by atoms with van der Waals surface area (Å²) in [6.45, 7) is 2.36. The Hall–Kier alpha value is -3.18. The first-order valence-electron chi connectivity index (χ1n) is 9.92. The van der Waals surface area contributed by atoms with Crippen LogP contribution in [0.5, 0.6) is 0 Å². The van der Waals surface area contributed by atoms with Gasteiger partial charge in [0, 0.05) is 11.9 Å². The third kappa shape index (κ3) is 5.67. The van der Waals surface area contributed by atoms with Crippen molar-refractivity contribution in [2.24, 2.45) is 0 Å². The number of hydrogen-bond donors (Lipinski definition) is 2. The number of aromatic nitrogens is 1. The third-order valence-corrected chi connectivity index (χ3v) is 5.05. The van der Waals surface area contributed by atoms with Crippen molar-refractivity contribution in [2.45, 2.75) is 32.2 Å². The number of amides is 2. The van der Waals surface area contributed by atoms with Gasteiger partial charge in [-0.3, -0.25) is 14.6 Å². The van der Waals surface area contributed by atoms with Crippen molar-refractivity contribution in [2.75, 3.05) is 5.32 Å². The minimum Gasteiger partial charge on any atom is -0.346 e. The molecule has 1 heterocycles. The molecule has 2 amide bonds. The standard InChI is InChI=1S/C24H24ClN3O2/c1-2-8-20(17-9-4-3-5-10-17)24(30)28-18-12-13-21(22(25)15-18)23(29)27-16-19-11-6-7-14-26-19/h3-7,9-15,20H,2,8,16H2,1H3,(H,27,29)(H,28,30). The van der Waals surface area contributed by atoms with E-state index in [1.807, 2.05) is 48.5 Å². The highest BCUT2D eigenvalue weighted by atomic mass is 35.5. The minimum absolute atomic E-state index is 0.0912. The second-order valence-corrected chi connectivity index (χ2v) is 7.35. The number of anilines is 1. The minimum atomic E-state index is -0.295. The predicted octanol–water partition coefficient (Wildman–Crippen LogP) is 5.19. The van der Waals surface area contributed by atoms with E-state index in [0.717, 1.165) is 24.1 Å². The van der Waals surface area contributed by atoms with Crippen molar-refractivity contribution in [3.05, 3.63) is 94.8 Å². The molecule has 0 spiro atoms. The summed E-state index contributed by atoms with van der Waals surface area (Å²) >= 11 is 6.32. The zero-order valence-corrected chi connectivity index (χ0v) is 17.5. The number of pyridine rings is 1. The molecule has 0 saturated heterocycles. The van der Waals surface area contributed by atoms with E-state index in [4.69, 9.17) is 11.6 Å². The lowest BCUT2D eigenvalue weighted by Gasteiger charge is -2.17. The van der Waals surface area contributed by atoms with Gasteiger partial charge in [-0.1, -0.05) is 61.3 Å². The van der Waals surface area contributed by atoms with Crippen LogP contribution in [-0.2, 0) is 11.3 Å². The highest BCUT2D eigenvalue weighted by Gasteiger charge is 2.20. The summed E-state index contributed by atoms with van der Waals surface area (Å²) in [4.78, 5) is 29.5. The van der Waals surface area contributed by atoms with Crippen LogP contribution in [0.2, 0.25) is 5.02 Å². The van der Waals surface area contributed by atoms with Gasteiger partial charge in [-0.2, -0.15) is 0 Å². The van der Waals surface area contributed by atoms with Crippen LogP contribution in [0.25, 0.3) is 0 Å². The molecular weight excluding hydrogens is 398 g/mol. The smallest absolute Gasteiger partial charge is 0.253 e. The van der Waals surface area contributed by atoms with Crippen LogP contribution in [0.15, 0.2) is 72.9 Å². The first kappa shape index (κ1) is 21.5. The molecule has 0 saturated carbocycles. The molecule has 3 rings (SSSR count). The highest BCUT2D eigenvalue weighted by molar-refractivity contribution is 6.34. The van der Waals surface area contributed by atoms with Crippen molar-refractivity contribution in [3.8, 4) is 0 Å². The number of nitrogens with one attached hydrogen (secondary N) is 2. The summed E-state index contributed by atoms with van der Waals surface area (Å²) in [7, 11) is 0. The van der Waals surface area contributed by atoms with Gasteiger partial charge < -0.3 is 10.6 Å². The van der Waals surface area contributed by atoms with Crippen LogP contribution < -0.4 is 10.6 Å². The summed E-state index contributed by atoms with van der Waals surface area (Å²) in [5, 5.41) is 6.00. The molecule has 0 aliphatic rings. The Kier molecular flexibility index (Phi) is 7.57. The first-order valence-corrected chi connectivity index (χ1v) is 10.3. The molecule has 1 aromatic heterocycles. The molecule has 1 unspecified atom stereocenters. The molecule has 0 fully saturated rings. The van der Waals surface area contributed by atoms with E-state index < -0.39 is 0 Å². The van der Waals surface area contributed by atoms with Crippen LogP contribution in [0.1, 0.15) is 47.3 Å². The Morgan fingerprint density at radius 3 is 2.47 bits per heavy atom. The second kappa shape index (κ2) is 10.6. The first-order chi connectivity index (χ1) is 14.6. The SMILES string of the molecule is CCCC(C(=O)Nc1ccc(C(=O)NCc2ccccn2)c(Cl)c1)c1ccccc1. The van der Waals surface area contributed by atoms with Crippen molar-refractivity contribution >= 4 is 29.1 Å². The lowest BCUT2D eigenvalue weighted by Crippen LogP contribution is -2.24. The quantitative estimate of drug-likeness (QED) is 0.526. The summed E-state index contributed by atoms with van der Waals surface area (Å²) in [5.41, 5.74) is 2.64. The summed E-state index contributed by atoms with van der Waals surface area (Å²) in [5.74, 6) is -0.625. The van der Waals surface area contributed by atoms with Gasteiger partial charge in [0.15, 0.2) is 0 Å². The van der Waals surface area contributed by atoms with Crippen LogP contribution >= 0.6 is 11.6 Å². The normalized spacial score (nSPS) is 11.5. The van der Waals surface area contributed by atoms with Gasteiger partial charge in [0.05, 0.1) is 28.7 Å². The van der Waals surface area contributed by atoms with Crippen molar-refractivity contribution in [3.63, 3.8) is 0 Å². The number of rotatable bonds is 8. The fourth-order valence-corrected chi connectivity index (χ4v) is 3.46. The van der Waals surface area contributed by atoms with Gasteiger partial charge in [-0.15, -0.1) is 0 Å². The Morgan fingerprint density at radius 1 is 1.03 bits per heavy atom. The lowest BCUT2D eigenvalue weighted by atomic mass is 9.93. The summed E-state index contributed by atoms with van der Waals surface area (Å²) < 4.78 is 0. The van der Waals surface area contributed by atoms with Gasteiger partial charge in [0.2, 0.25) is 5.91 Å². The molecular formula is C24H24ClN3O2. The van der Waals surface area contributed by atoms with E-state index in [2.05, 4.69) is 22.5 Å². The molecule has 5 nitrogen and oxygen atoms in total. The van der Waals surface area contributed by atoms with E-state index >= 15 is 0 Å². The second-order valence-electron chi connectivity index (χ2n) is 6.94. The molecule has 1 atom stereocenters. The Balaban J connectivity index is 1.66. The lowest BCUT2D eigenvalue weighted by molar-refractivity contribution is -0.117. The molecule has 2 N–H and O–H groups in total. The topological polar surface area (TPSA) is 71.1 Å². The third-order valence-electron chi connectivity index (χ3n) is 4.73. The largest absolute Gasteiger partial charge is 0.346 e. The maximum absolute atomic E-state index is 12.9.